The van der Waals surface area contributed by atoms with Crippen LogP contribution in [-0.4, -0.2) is 27.9 Å². The van der Waals surface area contributed by atoms with Crippen LogP contribution in [0, 0.1) is 5.82 Å². The summed E-state index contributed by atoms with van der Waals surface area (Å²) < 4.78 is 14.5. The molecule has 6 heteroatoms. The second-order valence-corrected chi connectivity index (χ2v) is 7.65. The average Bonchev–Trinajstić information content (AvgIpc) is 3.13. The molecule has 1 saturated carbocycles. The van der Waals surface area contributed by atoms with Crippen molar-refractivity contribution in [1.82, 2.24) is 4.98 Å². The number of hydrogen-bond acceptors (Lipinski definition) is 4. The van der Waals surface area contributed by atoms with Crippen molar-refractivity contribution in [1.29, 1.82) is 0 Å². The van der Waals surface area contributed by atoms with E-state index < -0.39 is 5.97 Å². The number of aromatic nitrogens is 1. The van der Waals surface area contributed by atoms with Crippen LogP contribution in [0.15, 0.2) is 41.4 Å². The van der Waals surface area contributed by atoms with Gasteiger partial charge in [-0.1, -0.05) is 18.9 Å². The molecule has 1 fully saturated rings. The summed E-state index contributed by atoms with van der Waals surface area (Å²) in [6, 6.07) is 9.47. The van der Waals surface area contributed by atoms with Crippen LogP contribution < -0.4 is 5.32 Å². The Balaban J connectivity index is 1.71. The molecule has 1 aromatic heterocycles. The summed E-state index contributed by atoms with van der Waals surface area (Å²) in [7, 11) is 0. The van der Waals surface area contributed by atoms with Crippen LogP contribution in [-0.2, 0) is 4.79 Å². The molecule has 0 aliphatic heterocycles. The maximum Gasteiger partial charge on any atom is 0.303 e. The molecule has 2 aromatic rings. The standard InChI is InChI=1S/C20H23FN2O2S/c21-17-13-14(9-10-18(17)26-12-4-8-19(24)25)16-7-3-11-22-20(16)23-15-5-1-2-6-15/h3,7,9-11,13,15H,1-2,4-6,8,12H2,(H,22,23)(H,24,25). The van der Waals surface area contributed by atoms with Crippen molar-refractivity contribution in [2.24, 2.45) is 0 Å². The van der Waals surface area contributed by atoms with Gasteiger partial charge < -0.3 is 10.4 Å². The van der Waals surface area contributed by atoms with E-state index in [4.69, 9.17) is 5.11 Å². The lowest BCUT2D eigenvalue weighted by molar-refractivity contribution is -0.137. The minimum Gasteiger partial charge on any atom is -0.481 e. The molecule has 1 aliphatic rings. The summed E-state index contributed by atoms with van der Waals surface area (Å²) in [6.45, 7) is 0. The summed E-state index contributed by atoms with van der Waals surface area (Å²) in [6.07, 6.45) is 7.17. The van der Waals surface area contributed by atoms with E-state index >= 15 is 0 Å². The van der Waals surface area contributed by atoms with Gasteiger partial charge in [0.15, 0.2) is 0 Å². The topological polar surface area (TPSA) is 62.2 Å². The molecule has 0 bridgehead atoms. The van der Waals surface area contributed by atoms with Crippen LogP contribution in [0.4, 0.5) is 10.2 Å². The maximum atomic E-state index is 14.5. The zero-order valence-corrected chi connectivity index (χ0v) is 15.4. The third-order valence-corrected chi connectivity index (χ3v) is 5.67. The SMILES string of the molecule is O=C(O)CCCSc1ccc(-c2cccnc2NC2CCCC2)cc1F. The molecule has 2 N–H and O–H groups in total. The van der Waals surface area contributed by atoms with Gasteiger partial charge in [-0.05, 0) is 54.8 Å². The van der Waals surface area contributed by atoms with Crippen molar-refractivity contribution < 1.29 is 14.3 Å². The Morgan fingerprint density at radius 3 is 2.85 bits per heavy atom. The van der Waals surface area contributed by atoms with E-state index in [2.05, 4.69) is 10.3 Å². The van der Waals surface area contributed by atoms with E-state index in [1.54, 1.807) is 12.3 Å². The summed E-state index contributed by atoms with van der Waals surface area (Å²) >= 11 is 1.35. The van der Waals surface area contributed by atoms with Crippen LogP contribution in [0.2, 0.25) is 0 Å². The summed E-state index contributed by atoms with van der Waals surface area (Å²) in [5, 5.41) is 12.2. The summed E-state index contributed by atoms with van der Waals surface area (Å²) in [5.74, 6) is 0.295. The predicted molar refractivity (Wildman–Crippen MR) is 103 cm³/mol. The first kappa shape index (κ1) is 18.7. The van der Waals surface area contributed by atoms with Gasteiger partial charge in [0.25, 0.3) is 0 Å². The highest BCUT2D eigenvalue weighted by molar-refractivity contribution is 7.99. The summed E-state index contributed by atoms with van der Waals surface area (Å²) in [5.41, 5.74) is 1.70. The van der Waals surface area contributed by atoms with E-state index in [9.17, 15) is 9.18 Å². The average molecular weight is 374 g/mol. The van der Waals surface area contributed by atoms with Gasteiger partial charge in [0.1, 0.15) is 11.6 Å². The minimum atomic E-state index is -0.819. The number of carboxylic acids is 1. The Hall–Kier alpha value is -2.08. The second-order valence-electron chi connectivity index (χ2n) is 6.52. The molecule has 26 heavy (non-hydrogen) atoms. The minimum absolute atomic E-state index is 0.110. The van der Waals surface area contributed by atoms with Crippen molar-refractivity contribution in [2.45, 2.75) is 49.5 Å². The first-order chi connectivity index (χ1) is 12.6. The zero-order chi connectivity index (χ0) is 18.4. The van der Waals surface area contributed by atoms with E-state index in [0.717, 1.165) is 29.8 Å². The monoisotopic (exact) mass is 374 g/mol. The largest absolute Gasteiger partial charge is 0.481 e. The molecule has 0 atom stereocenters. The molecule has 0 saturated heterocycles. The molecule has 4 nitrogen and oxygen atoms in total. The third kappa shape index (κ3) is 4.97. The Labute approximate surface area is 157 Å². The molecule has 1 aromatic carbocycles. The lowest BCUT2D eigenvalue weighted by Gasteiger charge is -2.16. The van der Waals surface area contributed by atoms with Crippen LogP contribution in [0.5, 0.6) is 0 Å². The van der Waals surface area contributed by atoms with E-state index in [1.165, 1.54) is 30.7 Å². The van der Waals surface area contributed by atoms with Crippen molar-refractivity contribution in [3.63, 3.8) is 0 Å². The van der Waals surface area contributed by atoms with Gasteiger partial charge >= 0.3 is 5.97 Å². The number of thioether (sulfide) groups is 1. The normalized spacial score (nSPS) is 14.5. The maximum absolute atomic E-state index is 14.5. The fourth-order valence-corrected chi connectivity index (χ4v) is 4.08. The molecular weight excluding hydrogens is 351 g/mol. The van der Waals surface area contributed by atoms with Gasteiger partial charge in [0.05, 0.1) is 0 Å². The molecule has 0 radical (unpaired) electrons. The molecule has 0 spiro atoms. The van der Waals surface area contributed by atoms with Crippen LogP contribution >= 0.6 is 11.8 Å². The van der Waals surface area contributed by atoms with Gasteiger partial charge in [-0.3, -0.25) is 4.79 Å². The number of benzene rings is 1. The zero-order valence-electron chi connectivity index (χ0n) is 14.6. The Morgan fingerprint density at radius 2 is 2.12 bits per heavy atom. The van der Waals surface area contributed by atoms with Crippen LogP contribution in [0.25, 0.3) is 11.1 Å². The van der Waals surface area contributed by atoms with E-state index in [-0.39, 0.29) is 12.2 Å². The molecule has 138 valence electrons. The molecular formula is C20H23FN2O2S. The number of halogens is 1. The fourth-order valence-electron chi connectivity index (χ4n) is 3.21. The smallest absolute Gasteiger partial charge is 0.303 e. The first-order valence-corrected chi connectivity index (χ1v) is 9.98. The Kier molecular flexibility index (Phi) is 6.50. The van der Waals surface area contributed by atoms with Gasteiger partial charge in [-0.15, -0.1) is 11.8 Å². The number of pyridine rings is 1. The number of anilines is 1. The number of rotatable bonds is 8. The Bertz CT molecular complexity index is 763. The summed E-state index contributed by atoms with van der Waals surface area (Å²) in [4.78, 5) is 15.5. The highest BCUT2D eigenvalue weighted by Crippen LogP contribution is 2.32. The molecule has 0 unspecified atom stereocenters. The van der Waals surface area contributed by atoms with Crippen molar-refractivity contribution in [3.8, 4) is 11.1 Å². The van der Waals surface area contributed by atoms with Gasteiger partial charge in [0.2, 0.25) is 0 Å². The number of aliphatic carboxylic acids is 1. The van der Waals surface area contributed by atoms with Gasteiger partial charge in [-0.25, -0.2) is 9.37 Å². The van der Waals surface area contributed by atoms with Gasteiger partial charge in [0, 0.05) is 29.1 Å². The van der Waals surface area contributed by atoms with Crippen LogP contribution in [0.1, 0.15) is 38.5 Å². The number of carbonyl (C=O) groups is 1. The highest BCUT2D eigenvalue weighted by Gasteiger charge is 2.17. The molecule has 0 amide bonds. The fraction of sp³-hybridized carbons (Fsp3) is 0.400. The van der Waals surface area contributed by atoms with Crippen molar-refractivity contribution in [3.05, 3.63) is 42.3 Å². The first-order valence-electron chi connectivity index (χ1n) is 8.99. The molecule has 1 aliphatic carbocycles. The number of carboxylic acid groups (broad SMARTS) is 1. The van der Waals surface area contributed by atoms with E-state index in [0.29, 0.717) is 23.1 Å². The number of hydrogen-bond donors (Lipinski definition) is 2. The van der Waals surface area contributed by atoms with Crippen molar-refractivity contribution in [2.75, 3.05) is 11.1 Å². The lowest BCUT2D eigenvalue weighted by atomic mass is 10.1. The quantitative estimate of drug-likeness (QED) is 0.491. The van der Waals surface area contributed by atoms with Crippen molar-refractivity contribution >= 4 is 23.5 Å². The second kappa shape index (κ2) is 9.03. The number of nitrogens with zero attached hydrogens (tertiary/aromatic N) is 1. The molecule has 3 rings (SSSR count). The Morgan fingerprint density at radius 1 is 1.31 bits per heavy atom. The highest BCUT2D eigenvalue weighted by atomic mass is 32.2. The molecule has 1 heterocycles. The van der Waals surface area contributed by atoms with E-state index in [1.807, 2.05) is 18.2 Å². The predicted octanol–water partition coefficient (Wildman–Crippen LogP) is 5.20. The van der Waals surface area contributed by atoms with Crippen LogP contribution in [0.3, 0.4) is 0 Å². The number of nitrogens with one attached hydrogen (secondary N) is 1. The van der Waals surface area contributed by atoms with Gasteiger partial charge in [-0.2, -0.15) is 0 Å². The third-order valence-electron chi connectivity index (χ3n) is 4.54. The lowest BCUT2D eigenvalue weighted by Crippen LogP contribution is -2.16.